The second kappa shape index (κ2) is 4.76. The lowest BCUT2D eigenvalue weighted by Gasteiger charge is -2.22. The molecule has 0 aromatic rings. The quantitative estimate of drug-likeness (QED) is 0.602. The first-order valence-corrected chi connectivity index (χ1v) is 4.51. The van der Waals surface area contributed by atoms with Crippen LogP contribution in [0.5, 0.6) is 0 Å². The molecule has 1 nitrogen and oxygen atoms in total. The van der Waals surface area contributed by atoms with Gasteiger partial charge >= 0.3 is 0 Å². The number of carbonyl (C=O) groups is 1. The molecule has 0 N–H and O–H groups in total. The fourth-order valence-electron chi connectivity index (χ4n) is 1.43. The number of carbonyl (C=O) groups excluding carboxylic acids is 1. The molecular formula is C9H17ClO. The third-order valence-electron chi connectivity index (χ3n) is 2.11. The minimum atomic E-state index is -0.211. The van der Waals surface area contributed by atoms with Gasteiger partial charge in [-0.05, 0) is 29.4 Å². The van der Waals surface area contributed by atoms with E-state index in [1.807, 2.05) is 0 Å². The predicted octanol–water partition coefficient (Wildman–Crippen LogP) is 3.07. The van der Waals surface area contributed by atoms with E-state index in [0.717, 1.165) is 0 Å². The summed E-state index contributed by atoms with van der Waals surface area (Å²) in [5, 5.41) is -0.211. The molecule has 0 spiro atoms. The van der Waals surface area contributed by atoms with E-state index in [-0.39, 0.29) is 5.24 Å². The average Bonchev–Trinajstić information content (AvgIpc) is 1.81. The Morgan fingerprint density at radius 3 is 1.64 bits per heavy atom. The van der Waals surface area contributed by atoms with Gasteiger partial charge in [0.15, 0.2) is 0 Å². The molecule has 0 heterocycles. The zero-order valence-corrected chi connectivity index (χ0v) is 8.48. The van der Waals surface area contributed by atoms with Gasteiger partial charge in [-0.15, -0.1) is 0 Å². The number of hydrogen-bond acceptors (Lipinski definition) is 1. The van der Waals surface area contributed by atoms with Crippen LogP contribution in [0.15, 0.2) is 0 Å². The molecule has 11 heavy (non-hydrogen) atoms. The molecule has 0 fully saturated rings. The lowest BCUT2D eigenvalue weighted by atomic mass is 9.83. The SMILES string of the molecule is CC(C)C(CC(=O)Cl)C(C)C. The van der Waals surface area contributed by atoms with E-state index >= 15 is 0 Å². The van der Waals surface area contributed by atoms with Crippen LogP contribution >= 0.6 is 11.6 Å². The molecule has 2 heteroatoms. The van der Waals surface area contributed by atoms with Crippen LogP contribution in [-0.4, -0.2) is 5.24 Å². The predicted molar refractivity (Wildman–Crippen MR) is 48.6 cm³/mol. The fourth-order valence-corrected chi connectivity index (χ4v) is 1.60. The van der Waals surface area contributed by atoms with Crippen LogP contribution in [0.2, 0.25) is 0 Å². The maximum Gasteiger partial charge on any atom is 0.221 e. The third kappa shape index (κ3) is 4.41. The van der Waals surface area contributed by atoms with Gasteiger partial charge in [0.05, 0.1) is 0 Å². The Kier molecular flexibility index (Phi) is 4.74. The lowest BCUT2D eigenvalue weighted by molar-refractivity contribution is -0.113. The Morgan fingerprint density at radius 1 is 1.18 bits per heavy atom. The van der Waals surface area contributed by atoms with Gasteiger partial charge in [-0.3, -0.25) is 4.79 Å². The van der Waals surface area contributed by atoms with Gasteiger partial charge in [-0.1, -0.05) is 27.7 Å². The van der Waals surface area contributed by atoms with Crippen LogP contribution in [0.3, 0.4) is 0 Å². The molecule has 0 amide bonds. The van der Waals surface area contributed by atoms with Gasteiger partial charge in [0, 0.05) is 6.42 Å². The second-order valence-corrected chi connectivity index (χ2v) is 4.13. The van der Waals surface area contributed by atoms with E-state index in [1.165, 1.54) is 0 Å². The van der Waals surface area contributed by atoms with Gasteiger partial charge in [0.25, 0.3) is 0 Å². The third-order valence-corrected chi connectivity index (χ3v) is 2.26. The molecular weight excluding hydrogens is 160 g/mol. The fraction of sp³-hybridized carbons (Fsp3) is 0.889. The van der Waals surface area contributed by atoms with E-state index in [0.29, 0.717) is 24.2 Å². The summed E-state index contributed by atoms with van der Waals surface area (Å²) in [5.74, 6) is 1.51. The molecule has 0 bridgehead atoms. The van der Waals surface area contributed by atoms with Gasteiger partial charge in [0.1, 0.15) is 0 Å². The maximum atomic E-state index is 10.6. The first-order chi connectivity index (χ1) is 4.95. The Labute approximate surface area is 74.1 Å². The van der Waals surface area contributed by atoms with Gasteiger partial charge in [-0.2, -0.15) is 0 Å². The second-order valence-electron chi connectivity index (χ2n) is 3.71. The number of rotatable bonds is 4. The molecule has 0 aliphatic rings. The Balaban J connectivity index is 4.00. The minimum Gasteiger partial charge on any atom is -0.281 e. The average molecular weight is 177 g/mol. The van der Waals surface area contributed by atoms with Gasteiger partial charge < -0.3 is 0 Å². The van der Waals surface area contributed by atoms with E-state index in [1.54, 1.807) is 0 Å². The zero-order valence-electron chi connectivity index (χ0n) is 7.73. The van der Waals surface area contributed by atoms with Gasteiger partial charge in [-0.25, -0.2) is 0 Å². The van der Waals surface area contributed by atoms with Crippen molar-refractivity contribution < 1.29 is 4.79 Å². The first-order valence-electron chi connectivity index (χ1n) is 4.13. The maximum absolute atomic E-state index is 10.6. The van der Waals surface area contributed by atoms with E-state index < -0.39 is 0 Å². The molecule has 0 aliphatic heterocycles. The summed E-state index contributed by atoms with van der Waals surface area (Å²) in [6.45, 7) is 8.52. The molecule has 0 atom stereocenters. The largest absolute Gasteiger partial charge is 0.281 e. The molecule has 66 valence electrons. The van der Waals surface area contributed by atoms with Crippen LogP contribution < -0.4 is 0 Å². The van der Waals surface area contributed by atoms with Crippen molar-refractivity contribution in [3.63, 3.8) is 0 Å². The summed E-state index contributed by atoms with van der Waals surface area (Å²) < 4.78 is 0. The first kappa shape index (κ1) is 11.0. The molecule has 0 aromatic heterocycles. The molecule has 0 saturated heterocycles. The molecule has 0 unspecified atom stereocenters. The Bertz CT molecular complexity index is 122. The molecule has 0 rings (SSSR count). The summed E-state index contributed by atoms with van der Waals surface area (Å²) in [5.41, 5.74) is 0. The zero-order chi connectivity index (χ0) is 9.02. The summed E-state index contributed by atoms with van der Waals surface area (Å²) in [6.07, 6.45) is 0.511. The standard InChI is InChI=1S/C9H17ClO/c1-6(2)8(7(3)4)5-9(10)11/h6-8H,5H2,1-4H3. The molecule has 0 aliphatic carbocycles. The van der Waals surface area contributed by atoms with Crippen LogP contribution in [-0.2, 0) is 4.79 Å². The molecule has 0 saturated carbocycles. The highest BCUT2D eigenvalue weighted by Gasteiger charge is 2.19. The highest BCUT2D eigenvalue weighted by atomic mass is 35.5. The van der Waals surface area contributed by atoms with Crippen LogP contribution in [0, 0.1) is 17.8 Å². The summed E-state index contributed by atoms with van der Waals surface area (Å²) >= 11 is 5.32. The smallest absolute Gasteiger partial charge is 0.221 e. The van der Waals surface area contributed by atoms with Crippen molar-refractivity contribution in [2.24, 2.45) is 17.8 Å². The van der Waals surface area contributed by atoms with Crippen LogP contribution in [0.25, 0.3) is 0 Å². The van der Waals surface area contributed by atoms with Crippen molar-refractivity contribution in [2.75, 3.05) is 0 Å². The van der Waals surface area contributed by atoms with Gasteiger partial charge in [0.2, 0.25) is 5.24 Å². The van der Waals surface area contributed by atoms with Crippen LogP contribution in [0.1, 0.15) is 34.1 Å². The summed E-state index contributed by atoms with van der Waals surface area (Å²) in [7, 11) is 0. The van der Waals surface area contributed by atoms with Crippen molar-refractivity contribution in [3.05, 3.63) is 0 Å². The van der Waals surface area contributed by atoms with Crippen molar-refractivity contribution in [2.45, 2.75) is 34.1 Å². The number of hydrogen-bond donors (Lipinski definition) is 0. The van der Waals surface area contributed by atoms with Crippen LogP contribution in [0.4, 0.5) is 0 Å². The Hall–Kier alpha value is -0.0400. The molecule has 0 radical (unpaired) electrons. The van der Waals surface area contributed by atoms with Crippen molar-refractivity contribution in [1.82, 2.24) is 0 Å². The monoisotopic (exact) mass is 176 g/mol. The van der Waals surface area contributed by atoms with E-state index in [4.69, 9.17) is 11.6 Å². The van der Waals surface area contributed by atoms with Crippen molar-refractivity contribution in [1.29, 1.82) is 0 Å². The van der Waals surface area contributed by atoms with Crippen molar-refractivity contribution >= 4 is 16.8 Å². The Morgan fingerprint density at radius 2 is 1.55 bits per heavy atom. The normalized spacial score (nSPS) is 11.6. The lowest BCUT2D eigenvalue weighted by Crippen LogP contribution is -2.17. The topological polar surface area (TPSA) is 17.1 Å². The summed E-state index contributed by atoms with van der Waals surface area (Å²) in [4.78, 5) is 10.6. The van der Waals surface area contributed by atoms with E-state index in [9.17, 15) is 4.79 Å². The number of halogens is 1. The highest BCUT2D eigenvalue weighted by molar-refractivity contribution is 6.63. The van der Waals surface area contributed by atoms with E-state index in [2.05, 4.69) is 27.7 Å². The summed E-state index contributed by atoms with van der Waals surface area (Å²) in [6, 6.07) is 0. The van der Waals surface area contributed by atoms with Crippen molar-refractivity contribution in [3.8, 4) is 0 Å². The highest BCUT2D eigenvalue weighted by Crippen LogP contribution is 2.24. The minimum absolute atomic E-state index is 0.211. The molecule has 0 aromatic carbocycles.